The Hall–Kier alpha value is -2.74. The number of hydrogen-bond acceptors (Lipinski definition) is 4. The zero-order valence-corrected chi connectivity index (χ0v) is 15.6. The van der Waals surface area contributed by atoms with Crippen LogP contribution >= 0.6 is 0 Å². The van der Waals surface area contributed by atoms with Gasteiger partial charge in [0, 0.05) is 30.3 Å². The molecule has 27 heavy (non-hydrogen) atoms. The van der Waals surface area contributed by atoms with E-state index in [9.17, 15) is 13.2 Å². The number of anilines is 1. The number of benzene rings is 3. The van der Waals surface area contributed by atoms with Gasteiger partial charge in [0.05, 0.1) is 11.5 Å². The van der Waals surface area contributed by atoms with Crippen LogP contribution in [0.4, 0.5) is 5.69 Å². The second-order valence-corrected chi connectivity index (χ2v) is 7.67. The van der Waals surface area contributed by atoms with Gasteiger partial charge in [-0.2, -0.15) is 0 Å². The van der Waals surface area contributed by atoms with E-state index in [1.54, 1.807) is 12.1 Å². The van der Waals surface area contributed by atoms with Gasteiger partial charge in [-0.1, -0.05) is 42.5 Å². The summed E-state index contributed by atoms with van der Waals surface area (Å²) in [6.07, 6.45) is 0. The topological polar surface area (TPSA) is 84.5 Å². The Morgan fingerprint density at radius 1 is 1.00 bits per heavy atom. The predicted molar refractivity (Wildman–Crippen MR) is 105 cm³/mol. The van der Waals surface area contributed by atoms with Crippen LogP contribution in [-0.2, 0) is 14.8 Å². The minimum atomic E-state index is -3.71. The fourth-order valence-electron chi connectivity index (χ4n) is 2.69. The zero-order chi connectivity index (χ0) is 19.3. The molecule has 0 bridgehead atoms. The standard InChI is InChI=1S/C20H20N2O4S/c1-26-13-12-21-27(24,25)17-9-4-8-16(14-17)20(23)22-19-11-5-7-15-6-2-3-10-18(15)19/h2-11,14,21H,12-13H2,1H3,(H,22,23). The minimum Gasteiger partial charge on any atom is -0.383 e. The van der Waals surface area contributed by atoms with Crippen molar-refractivity contribution >= 4 is 32.4 Å². The molecule has 0 radical (unpaired) electrons. The molecule has 0 fully saturated rings. The van der Waals surface area contributed by atoms with Crippen LogP contribution in [0.1, 0.15) is 10.4 Å². The molecule has 0 aliphatic heterocycles. The number of hydrogen-bond donors (Lipinski definition) is 2. The van der Waals surface area contributed by atoms with Crippen molar-refractivity contribution in [1.82, 2.24) is 4.72 Å². The molecular weight excluding hydrogens is 364 g/mol. The Morgan fingerprint density at radius 3 is 2.56 bits per heavy atom. The van der Waals surface area contributed by atoms with Crippen molar-refractivity contribution < 1.29 is 17.9 Å². The summed E-state index contributed by atoms with van der Waals surface area (Å²) in [7, 11) is -2.21. The average molecular weight is 384 g/mol. The summed E-state index contributed by atoms with van der Waals surface area (Å²) in [6.45, 7) is 0.422. The number of nitrogens with one attached hydrogen (secondary N) is 2. The van der Waals surface area contributed by atoms with E-state index in [0.29, 0.717) is 5.69 Å². The molecule has 3 aromatic carbocycles. The minimum absolute atomic E-state index is 0.0316. The molecule has 6 nitrogen and oxygen atoms in total. The molecule has 0 aromatic heterocycles. The fraction of sp³-hybridized carbons (Fsp3) is 0.150. The van der Waals surface area contributed by atoms with Gasteiger partial charge in [0.1, 0.15) is 0 Å². The lowest BCUT2D eigenvalue weighted by molar-refractivity contribution is 0.102. The van der Waals surface area contributed by atoms with Crippen LogP contribution in [0.25, 0.3) is 10.8 Å². The van der Waals surface area contributed by atoms with E-state index in [1.807, 2.05) is 42.5 Å². The van der Waals surface area contributed by atoms with E-state index in [1.165, 1.54) is 19.2 Å². The summed E-state index contributed by atoms with van der Waals surface area (Å²) in [5, 5.41) is 4.78. The Bertz CT molecular complexity index is 1060. The summed E-state index contributed by atoms with van der Waals surface area (Å²) in [4.78, 5) is 12.7. The molecule has 140 valence electrons. The van der Waals surface area contributed by atoms with Crippen LogP contribution < -0.4 is 10.0 Å². The van der Waals surface area contributed by atoms with Crippen molar-refractivity contribution in [1.29, 1.82) is 0 Å². The molecule has 0 heterocycles. The highest BCUT2D eigenvalue weighted by atomic mass is 32.2. The Balaban J connectivity index is 1.83. The number of amides is 1. The molecule has 0 spiro atoms. The number of rotatable bonds is 7. The Kier molecular flexibility index (Phi) is 5.85. The maximum absolute atomic E-state index is 12.7. The van der Waals surface area contributed by atoms with Crippen molar-refractivity contribution in [3.05, 3.63) is 72.3 Å². The number of ether oxygens (including phenoxy) is 1. The zero-order valence-electron chi connectivity index (χ0n) is 14.8. The third-order valence-electron chi connectivity index (χ3n) is 4.04. The van der Waals surface area contributed by atoms with Gasteiger partial charge in [-0.3, -0.25) is 4.79 Å². The highest BCUT2D eigenvalue weighted by molar-refractivity contribution is 7.89. The lowest BCUT2D eigenvalue weighted by Gasteiger charge is -2.10. The molecular formula is C20H20N2O4S. The van der Waals surface area contributed by atoms with Gasteiger partial charge in [-0.15, -0.1) is 0 Å². The lowest BCUT2D eigenvalue weighted by Crippen LogP contribution is -2.27. The van der Waals surface area contributed by atoms with Gasteiger partial charge in [-0.05, 0) is 29.7 Å². The first kappa shape index (κ1) is 19.0. The van der Waals surface area contributed by atoms with Crippen molar-refractivity contribution in [2.75, 3.05) is 25.6 Å². The number of carbonyl (C=O) groups excluding carboxylic acids is 1. The smallest absolute Gasteiger partial charge is 0.255 e. The summed E-state index contributed by atoms with van der Waals surface area (Å²) in [5.74, 6) is -0.375. The third kappa shape index (κ3) is 4.51. The summed E-state index contributed by atoms with van der Waals surface area (Å²) < 4.78 is 31.9. The number of methoxy groups -OCH3 is 1. The quantitative estimate of drug-likeness (QED) is 0.613. The molecule has 0 aliphatic carbocycles. The first-order chi connectivity index (χ1) is 13.0. The molecule has 0 aliphatic rings. The Morgan fingerprint density at radius 2 is 1.74 bits per heavy atom. The van der Waals surface area contributed by atoms with E-state index in [-0.39, 0.29) is 29.5 Å². The molecule has 1 amide bonds. The lowest BCUT2D eigenvalue weighted by atomic mass is 10.1. The first-order valence-electron chi connectivity index (χ1n) is 8.39. The molecule has 0 atom stereocenters. The summed E-state index contributed by atoms with van der Waals surface area (Å²) in [6, 6.07) is 19.3. The maximum Gasteiger partial charge on any atom is 0.255 e. The van der Waals surface area contributed by atoms with Crippen molar-refractivity contribution in [3.8, 4) is 0 Å². The van der Waals surface area contributed by atoms with Crippen LogP contribution in [0.5, 0.6) is 0 Å². The second kappa shape index (κ2) is 8.30. The number of fused-ring (bicyclic) bond motifs is 1. The van der Waals surface area contributed by atoms with Gasteiger partial charge in [0.2, 0.25) is 10.0 Å². The fourth-order valence-corrected chi connectivity index (χ4v) is 3.75. The van der Waals surface area contributed by atoms with Crippen LogP contribution in [0.3, 0.4) is 0 Å². The number of carbonyl (C=O) groups is 1. The van der Waals surface area contributed by atoms with Gasteiger partial charge in [-0.25, -0.2) is 13.1 Å². The molecule has 0 saturated carbocycles. The highest BCUT2D eigenvalue weighted by Gasteiger charge is 2.16. The third-order valence-corrected chi connectivity index (χ3v) is 5.50. The normalized spacial score (nSPS) is 11.4. The monoisotopic (exact) mass is 384 g/mol. The van der Waals surface area contributed by atoms with E-state index in [0.717, 1.165) is 10.8 Å². The SMILES string of the molecule is COCCNS(=O)(=O)c1cccc(C(=O)Nc2cccc3ccccc23)c1. The van der Waals surface area contributed by atoms with Crippen LogP contribution in [0.15, 0.2) is 71.6 Å². The van der Waals surface area contributed by atoms with E-state index in [4.69, 9.17) is 4.74 Å². The van der Waals surface area contributed by atoms with Gasteiger partial charge < -0.3 is 10.1 Å². The van der Waals surface area contributed by atoms with Gasteiger partial charge in [0.15, 0.2) is 0 Å². The van der Waals surface area contributed by atoms with E-state index in [2.05, 4.69) is 10.0 Å². The van der Waals surface area contributed by atoms with Crippen molar-refractivity contribution in [3.63, 3.8) is 0 Å². The van der Waals surface area contributed by atoms with Crippen LogP contribution in [0.2, 0.25) is 0 Å². The summed E-state index contributed by atoms with van der Waals surface area (Å²) >= 11 is 0. The molecule has 2 N–H and O–H groups in total. The molecule has 0 saturated heterocycles. The summed E-state index contributed by atoms with van der Waals surface area (Å²) in [5.41, 5.74) is 0.933. The van der Waals surface area contributed by atoms with Crippen LogP contribution in [-0.4, -0.2) is 34.6 Å². The van der Waals surface area contributed by atoms with Crippen molar-refractivity contribution in [2.45, 2.75) is 4.90 Å². The highest BCUT2D eigenvalue weighted by Crippen LogP contribution is 2.23. The molecule has 0 unspecified atom stereocenters. The maximum atomic E-state index is 12.7. The first-order valence-corrected chi connectivity index (χ1v) is 9.87. The molecule has 3 rings (SSSR count). The van der Waals surface area contributed by atoms with Gasteiger partial charge in [0.25, 0.3) is 5.91 Å². The second-order valence-electron chi connectivity index (χ2n) is 5.90. The average Bonchev–Trinajstić information content (AvgIpc) is 2.68. The molecule has 3 aromatic rings. The van der Waals surface area contributed by atoms with Crippen LogP contribution in [0, 0.1) is 0 Å². The van der Waals surface area contributed by atoms with E-state index >= 15 is 0 Å². The van der Waals surface area contributed by atoms with E-state index < -0.39 is 10.0 Å². The molecule has 7 heteroatoms. The van der Waals surface area contributed by atoms with Crippen molar-refractivity contribution in [2.24, 2.45) is 0 Å². The van der Waals surface area contributed by atoms with Gasteiger partial charge >= 0.3 is 0 Å². The predicted octanol–water partition coefficient (Wildman–Crippen LogP) is 3.02. The Labute approximate surface area is 158 Å². The number of sulfonamides is 1. The largest absolute Gasteiger partial charge is 0.383 e.